The van der Waals surface area contributed by atoms with E-state index >= 15 is 0 Å². The molecule has 0 spiro atoms. The number of carboxylic acids is 1. The van der Waals surface area contributed by atoms with Crippen molar-refractivity contribution >= 4 is 33.2 Å². The lowest BCUT2D eigenvalue weighted by Gasteiger charge is -2.43. The number of rotatable bonds is 3. The third-order valence-corrected chi connectivity index (χ3v) is 4.89. The van der Waals surface area contributed by atoms with E-state index in [1.165, 1.54) is 0 Å². The molecule has 15 heavy (non-hydrogen) atoms. The number of carbonyl (C=O) groups is 1. The Balaban J connectivity index is 2.33. The highest BCUT2D eigenvalue weighted by molar-refractivity contribution is 9.10. The summed E-state index contributed by atoms with van der Waals surface area (Å²) in [5.41, 5.74) is -0.317. The van der Waals surface area contributed by atoms with Gasteiger partial charge in [-0.15, -0.1) is 11.3 Å². The van der Waals surface area contributed by atoms with Gasteiger partial charge in [0.1, 0.15) is 0 Å². The van der Waals surface area contributed by atoms with Crippen molar-refractivity contribution < 1.29 is 14.6 Å². The van der Waals surface area contributed by atoms with Crippen LogP contribution in [0, 0.1) is 5.92 Å². The Hall–Kier alpha value is -0.390. The topological polar surface area (TPSA) is 46.5 Å². The van der Waals surface area contributed by atoms with Crippen LogP contribution in [0.1, 0.15) is 11.8 Å². The molecule has 82 valence electrons. The van der Waals surface area contributed by atoms with Crippen LogP contribution in [-0.2, 0) is 14.9 Å². The molecule has 1 aliphatic heterocycles. The van der Waals surface area contributed by atoms with Crippen LogP contribution >= 0.6 is 27.3 Å². The second-order valence-corrected chi connectivity index (χ2v) is 5.66. The zero-order valence-corrected chi connectivity index (χ0v) is 10.6. The van der Waals surface area contributed by atoms with Gasteiger partial charge in [0.15, 0.2) is 0 Å². The van der Waals surface area contributed by atoms with E-state index in [4.69, 9.17) is 9.84 Å². The zero-order chi connectivity index (χ0) is 11.1. The van der Waals surface area contributed by atoms with E-state index in [9.17, 15) is 4.79 Å². The molecule has 1 saturated heterocycles. The predicted octanol–water partition coefficient (Wildman–Crippen LogP) is 2.50. The molecule has 0 bridgehead atoms. The Morgan fingerprint density at radius 1 is 1.73 bits per heavy atom. The van der Waals surface area contributed by atoms with Crippen LogP contribution in [0.4, 0.5) is 0 Å². The number of thiophene rings is 1. The molecule has 5 heteroatoms. The van der Waals surface area contributed by atoms with Crippen LogP contribution in [-0.4, -0.2) is 24.3 Å². The summed E-state index contributed by atoms with van der Waals surface area (Å²) in [5, 5.41) is 11.1. The number of hydrogen-bond acceptors (Lipinski definition) is 3. The van der Waals surface area contributed by atoms with Crippen molar-refractivity contribution in [2.24, 2.45) is 5.92 Å². The van der Waals surface area contributed by atoms with Crippen LogP contribution in [0.25, 0.3) is 0 Å². The summed E-state index contributed by atoms with van der Waals surface area (Å²) in [4.78, 5) is 12.1. The molecule has 1 atom stereocenters. The van der Waals surface area contributed by atoms with E-state index < -0.39 is 11.9 Å². The van der Waals surface area contributed by atoms with Crippen LogP contribution in [0.2, 0.25) is 0 Å². The summed E-state index contributed by atoms with van der Waals surface area (Å²) < 4.78 is 6.21. The van der Waals surface area contributed by atoms with E-state index in [1.54, 1.807) is 18.3 Å². The average molecular weight is 291 g/mol. The van der Waals surface area contributed by atoms with Gasteiger partial charge < -0.3 is 9.84 Å². The molecule has 1 aromatic heterocycles. The van der Waals surface area contributed by atoms with Gasteiger partial charge in [-0.2, -0.15) is 0 Å². The van der Waals surface area contributed by atoms with Gasteiger partial charge >= 0.3 is 5.97 Å². The Morgan fingerprint density at radius 2 is 2.40 bits per heavy atom. The van der Waals surface area contributed by atoms with Gasteiger partial charge in [0.25, 0.3) is 0 Å². The third kappa shape index (κ3) is 1.73. The second kappa shape index (κ2) is 3.88. The zero-order valence-electron chi connectivity index (χ0n) is 8.20. The number of hydrogen-bond donors (Lipinski definition) is 1. The van der Waals surface area contributed by atoms with Gasteiger partial charge in [0.2, 0.25) is 0 Å². The van der Waals surface area contributed by atoms with Crippen molar-refractivity contribution in [1.82, 2.24) is 0 Å². The van der Waals surface area contributed by atoms with E-state index in [2.05, 4.69) is 15.9 Å². The molecule has 3 nitrogen and oxygen atoms in total. The fourth-order valence-corrected chi connectivity index (χ4v) is 3.43. The Kier molecular flexibility index (Phi) is 2.87. The highest BCUT2D eigenvalue weighted by Crippen LogP contribution is 2.43. The molecular weight excluding hydrogens is 280 g/mol. The standard InChI is InChI=1S/C10H11BrO3S/c1-6(9(12)13)10(4-14-5-10)8-2-7(11)3-15-8/h2-3,6H,4-5H2,1H3,(H,12,13). The molecule has 1 aromatic rings. The lowest BCUT2D eigenvalue weighted by Crippen LogP contribution is -2.53. The van der Waals surface area contributed by atoms with E-state index in [-0.39, 0.29) is 5.41 Å². The summed E-state index contributed by atoms with van der Waals surface area (Å²) in [7, 11) is 0. The Bertz CT molecular complexity index is 384. The van der Waals surface area contributed by atoms with Gasteiger partial charge in [-0.1, -0.05) is 6.92 Å². The number of aliphatic carboxylic acids is 1. The molecule has 1 N–H and O–H groups in total. The number of halogens is 1. The van der Waals surface area contributed by atoms with E-state index in [0.29, 0.717) is 13.2 Å². The van der Waals surface area contributed by atoms with Gasteiger partial charge in [0, 0.05) is 14.7 Å². The molecule has 0 aliphatic carbocycles. The Morgan fingerprint density at radius 3 is 2.73 bits per heavy atom. The molecule has 0 radical (unpaired) electrons. The second-order valence-electron chi connectivity index (χ2n) is 3.84. The van der Waals surface area contributed by atoms with Crippen molar-refractivity contribution in [2.45, 2.75) is 12.3 Å². The van der Waals surface area contributed by atoms with Crippen molar-refractivity contribution in [3.8, 4) is 0 Å². The molecule has 2 rings (SSSR count). The molecule has 0 amide bonds. The fraction of sp³-hybridized carbons (Fsp3) is 0.500. The summed E-state index contributed by atoms with van der Waals surface area (Å²) in [6, 6.07) is 1.99. The van der Waals surface area contributed by atoms with Crippen molar-refractivity contribution in [1.29, 1.82) is 0 Å². The van der Waals surface area contributed by atoms with Crippen molar-refractivity contribution in [3.63, 3.8) is 0 Å². The minimum Gasteiger partial charge on any atom is -0.481 e. The predicted molar refractivity (Wildman–Crippen MR) is 61.3 cm³/mol. The van der Waals surface area contributed by atoms with E-state index in [0.717, 1.165) is 9.35 Å². The first kappa shape index (κ1) is 11.1. The monoisotopic (exact) mass is 290 g/mol. The third-order valence-electron chi connectivity index (χ3n) is 2.98. The number of ether oxygens (including phenoxy) is 1. The molecule has 0 aromatic carbocycles. The highest BCUT2D eigenvalue weighted by atomic mass is 79.9. The quantitative estimate of drug-likeness (QED) is 0.930. The SMILES string of the molecule is CC(C(=O)O)C1(c2cc(Br)cs2)COC1. The largest absolute Gasteiger partial charge is 0.481 e. The molecule has 1 aliphatic rings. The summed E-state index contributed by atoms with van der Waals surface area (Å²) >= 11 is 4.97. The summed E-state index contributed by atoms with van der Waals surface area (Å²) in [5.74, 6) is -1.17. The van der Waals surface area contributed by atoms with Crippen LogP contribution in [0.5, 0.6) is 0 Å². The maximum absolute atomic E-state index is 11.1. The summed E-state index contributed by atoms with van der Waals surface area (Å²) in [6.07, 6.45) is 0. The smallest absolute Gasteiger partial charge is 0.307 e. The van der Waals surface area contributed by atoms with Crippen molar-refractivity contribution in [2.75, 3.05) is 13.2 Å². The highest BCUT2D eigenvalue weighted by Gasteiger charge is 2.49. The average Bonchev–Trinajstić information content (AvgIpc) is 2.50. The van der Waals surface area contributed by atoms with Gasteiger partial charge in [-0.25, -0.2) is 0 Å². The minimum atomic E-state index is -0.761. The van der Waals surface area contributed by atoms with Crippen LogP contribution in [0.3, 0.4) is 0 Å². The first-order chi connectivity index (χ1) is 7.06. The van der Waals surface area contributed by atoms with Gasteiger partial charge in [-0.05, 0) is 22.0 Å². The van der Waals surface area contributed by atoms with Gasteiger partial charge in [0.05, 0.1) is 24.5 Å². The molecular formula is C10H11BrO3S. The normalized spacial score (nSPS) is 20.7. The molecule has 0 saturated carbocycles. The first-order valence-corrected chi connectivity index (χ1v) is 6.28. The number of carboxylic acid groups (broad SMARTS) is 1. The van der Waals surface area contributed by atoms with Crippen LogP contribution in [0.15, 0.2) is 15.9 Å². The first-order valence-electron chi connectivity index (χ1n) is 4.61. The van der Waals surface area contributed by atoms with E-state index in [1.807, 2.05) is 11.4 Å². The maximum Gasteiger partial charge on any atom is 0.307 e. The minimum absolute atomic E-state index is 0.317. The van der Waals surface area contributed by atoms with Crippen LogP contribution < -0.4 is 0 Å². The molecule has 2 heterocycles. The molecule has 1 unspecified atom stereocenters. The molecule has 1 fully saturated rings. The lowest BCUT2D eigenvalue weighted by atomic mass is 9.73. The maximum atomic E-state index is 11.1. The van der Waals surface area contributed by atoms with Crippen molar-refractivity contribution in [3.05, 3.63) is 20.8 Å². The van der Waals surface area contributed by atoms with Gasteiger partial charge in [-0.3, -0.25) is 4.79 Å². The summed E-state index contributed by atoms with van der Waals surface area (Å²) in [6.45, 7) is 2.76. The Labute approximate surface area is 100 Å². The lowest BCUT2D eigenvalue weighted by molar-refractivity contribution is -0.155. The fourth-order valence-electron chi connectivity index (χ4n) is 1.74.